The van der Waals surface area contributed by atoms with Gasteiger partial charge in [-0.2, -0.15) is 9.97 Å². The van der Waals surface area contributed by atoms with Crippen LogP contribution in [-0.4, -0.2) is 111 Å². The number of aliphatic imine (C=N–C) groups is 2. The van der Waals surface area contributed by atoms with Crippen molar-refractivity contribution >= 4 is 56.9 Å². The molecule has 0 bridgehead atoms. The highest BCUT2D eigenvalue weighted by atomic mass is 35.5. The number of piperidine rings is 2. The second-order valence-electron chi connectivity index (χ2n) is 24.8. The van der Waals surface area contributed by atoms with Gasteiger partial charge in [0.1, 0.15) is 23.0 Å². The van der Waals surface area contributed by atoms with E-state index in [4.69, 9.17) is 28.9 Å². The zero-order valence-electron chi connectivity index (χ0n) is 51.1. The summed E-state index contributed by atoms with van der Waals surface area (Å²) in [6, 6.07) is 28.3. The summed E-state index contributed by atoms with van der Waals surface area (Å²) >= 11 is 12.6. The topological polar surface area (TPSA) is 224 Å². The molecule has 0 saturated carbocycles. The first-order chi connectivity index (χ1) is 43.2. The molecule has 90 heavy (non-hydrogen) atoms. The van der Waals surface area contributed by atoms with Gasteiger partial charge in [-0.1, -0.05) is 81.6 Å². The van der Waals surface area contributed by atoms with Crippen LogP contribution >= 0.6 is 23.2 Å². The molecule has 0 spiro atoms. The van der Waals surface area contributed by atoms with E-state index < -0.39 is 23.0 Å². The van der Waals surface area contributed by atoms with Gasteiger partial charge < -0.3 is 47.6 Å². The number of rotatable bonds is 19. The second kappa shape index (κ2) is 30.8. The van der Waals surface area contributed by atoms with Crippen LogP contribution in [0, 0.1) is 17.6 Å². The molecule has 2 saturated heterocycles. The van der Waals surface area contributed by atoms with Gasteiger partial charge in [0.25, 0.3) is 0 Å². The predicted molar refractivity (Wildman–Crippen MR) is 363 cm³/mol. The number of aromatic amines is 2. The molecule has 8 heterocycles. The molecule has 5 atom stereocenters. The number of nitrogens with zero attached hydrogens (tertiary/aromatic N) is 6. The maximum absolute atomic E-state index is 15.2. The van der Waals surface area contributed by atoms with E-state index in [-0.39, 0.29) is 35.6 Å². The van der Waals surface area contributed by atoms with Crippen molar-refractivity contribution in [2.24, 2.45) is 21.6 Å². The first-order valence-electron chi connectivity index (χ1n) is 31.8. The fourth-order valence-corrected chi connectivity index (χ4v) is 13.1. The van der Waals surface area contributed by atoms with E-state index in [9.17, 15) is 9.59 Å². The molecule has 12 rings (SSSR count). The van der Waals surface area contributed by atoms with Crippen LogP contribution in [0.1, 0.15) is 133 Å². The lowest BCUT2D eigenvalue weighted by molar-refractivity contribution is 0.312. The lowest BCUT2D eigenvalue weighted by Gasteiger charge is -2.32. The van der Waals surface area contributed by atoms with Gasteiger partial charge in [0, 0.05) is 90.7 Å². The van der Waals surface area contributed by atoms with Crippen molar-refractivity contribution in [3.8, 4) is 33.9 Å². The maximum atomic E-state index is 15.2. The minimum absolute atomic E-state index is 0. The molecule has 4 aromatic carbocycles. The number of amidine groups is 2. The average molecular weight is 1270 g/mol. The van der Waals surface area contributed by atoms with Crippen molar-refractivity contribution in [3.63, 3.8) is 0 Å². The third-order valence-corrected chi connectivity index (χ3v) is 17.9. The van der Waals surface area contributed by atoms with Crippen molar-refractivity contribution in [3.05, 3.63) is 162 Å². The zero-order chi connectivity index (χ0) is 62.0. The van der Waals surface area contributed by atoms with Gasteiger partial charge in [0.2, 0.25) is 0 Å². The Morgan fingerprint density at radius 3 is 1.59 bits per heavy atom. The molecular formula is C69H87Cl2F2N15O2. The fraction of sp³-hybridized carbons (Fsp3) is 0.449. The molecule has 17 nitrogen and oxygen atoms in total. The van der Waals surface area contributed by atoms with Gasteiger partial charge in [0.05, 0.1) is 59.0 Å². The Morgan fingerprint density at radius 1 is 0.633 bits per heavy atom. The predicted octanol–water partition coefficient (Wildman–Crippen LogP) is 11.6. The smallest absolute Gasteiger partial charge is 0.354 e. The molecule has 0 aliphatic carbocycles. The number of aromatic nitrogens is 6. The molecular weight excluding hydrogens is 1180 g/mol. The molecule has 0 amide bonds. The van der Waals surface area contributed by atoms with Crippen LogP contribution in [0.25, 0.3) is 56.0 Å². The van der Waals surface area contributed by atoms with Crippen molar-refractivity contribution in [2.45, 2.75) is 142 Å². The summed E-state index contributed by atoms with van der Waals surface area (Å²) in [6.45, 7) is 13.3. The highest BCUT2D eigenvalue weighted by Gasteiger charge is 2.25. The first-order valence-corrected chi connectivity index (χ1v) is 32.6. The van der Waals surface area contributed by atoms with Gasteiger partial charge >= 0.3 is 11.4 Å². The third-order valence-electron chi connectivity index (χ3n) is 17.4. The number of aryl methyl sites for hydroxylation is 2. The summed E-state index contributed by atoms with van der Waals surface area (Å²) in [6.07, 6.45) is 16.7. The summed E-state index contributed by atoms with van der Waals surface area (Å²) in [5, 5.41) is 22.9. The number of nitrogens with one attached hydrogen (secondary N) is 8. The number of benzene rings is 4. The Kier molecular flexibility index (Phi) is 22.5. The zero-order valence-corrected chi connectivity index (χ0v) is 52.7. The van der Waals surface area contributed by atoms with Gasteiger partial charge in [-0.3, -0.25) is 19.1 Å². The van der Waals surface area contributed by atoms with E-state index >= 15 is 8.78 Å². The molecule has 478 valence electrons. The highest BCUT2D eigenvalue weighted by molar-refractivity contribution is 6.31. The van der Waals surface area contributed by atoms with Crippen LogP contribution in [0.3, 0.4) is 0 Å². The number of H-pyrrole nitrogens is 2. The summed E-state index contributed by atoms with van der Waals surface area (Å²) in [5.41, 5.74) is 13.5. The summed E-state index contributed by atoms with van der Waals surface area (Å²) < 4.78 is 33.4. The van der Waals surface area contributed by atoms with Crippen LogP contribution in [0.2, 0.25) is 10.0 Å². The third kappa shape index (κ3) is 16.7. The Hall–Kier alpha value is -7.10. The SMILES string of the molecule is C.CC(C)CCCc1cc(Cl)c(F)c(-c2cc3cn(-c4ccc([C@@H]5CCC[C@@H](CNC6=NCCNC6)N5)cc4)c(=O)nc3[nH]2)c1.C[C@H](N)CCCc1cc(Cl)c(F)c(-c2cc3cn(-c4ccc([C@@H]5CCC[C@@H](CCNC6=NCCNC6)N5)cc4)c(=O)nc3[nH]2)c1. The standard InChI is InChI=1S/C34H42ClFN8O.C34H41ClFN7O.CH4/c1-21(37)4-2-5-22-16-27(32(36)28(35)17-22)30-18-24-20-44(34(45)43-33(24)42-30)26-10-8-23(9-11-26)29-7-3-6-25(41-29)12-13-39-31-19-38-14-15-40-31;1-21(2)5-3-6-22-15-27(32(36)28(35)16-22)30-17-24-20-43(34(44)42-33(24)41-30)26-11-9-23(10-12-26)29-8-4-7-25(40-29)18-39-31-19-37-13-14-38-31;/h8-11,16-18,20-21,25,29,38,41H,2-7,12-15,19,37H2,1H3,(H,39,40)(H,42,43,45);9-12,15-17,20-21,25,29,37,40H,3-8,13-14,18-19H2,1-2H3,(H,38,39)(H,41,42,44);1H4/t21-,25-,29-;25-,29-;/m00./s1. The van der Waals surface area contributed by atoms with E-state index in [0.717, 1.165) is 164 Å². The van der Waals surface area contributed by atoms with E-state index in [2.05, 4.69) is 99.9 Å². The van der Waals surface area contributed by atoms with Crippen molar-refractivity contribution in [1.29, 1.82) is 0 Å². The van der Waals surface area contributed by atoms with Crippen LogP contribution in [0.4, 0.5) is 8.78 Å². The van der Waals surface area contributed by atoms with Crippen molar-refractivity contribution in [1.82, 2.24) is 61.0 Å². The van der Waals surface area contributed by atoms with E-state index in [1.165, 1.54) is 26.7 Å². The number of nitrogens with two attached hydrogens (primary N) is 1. The monoisotopic (exact) mass is 1270 g/mol. The maximum Gasteiger partial charge on any atom is 0.354 e. The molecule has 4 aliphatic rings. The lowest BCUT2D eigenvalue weighted by Crippen LogP contribution is -2.47. The highest BCUT2D eigenvalue weighted by Crippen LogP contribution is 2.35. The second-order valence-corrected chi connectivity index (χ2v) is 25.6. The Bertz CT molecular complexity index is 3910. The molecule has 0 unspecified atom stereocenters. The van der Waals surface area contributed by atoms with Gasteiger partial charge in [-0.15, -0.1) is 0 Å². The molecule has 10 N–H and O–H groups in total. The van der Waals surface area contributed by atoms with Crippen LogP contribution in [0.15, 0.2) is 117 Å². The van der Waals surface area contributed by atoms with Gasteiger partial charge in [-0.05, 0) is 166 Å². The van der Waals surface area contributed by atoms with Crippen molar-refractivity contribution in [2.75, 3.05) is 52.4 Å². The van der Waals surface area contributed by atoms with Crippen LogP contribution < -0.4 is 49.0 Å². The molecule has 21 heteroatoms. The number of fused-ring (bicyclic) bond motifs is 2. The molecule has 4 aliphatic heterocycles. The lowest BCUT2D eigenvalue weighted by atomic mass is 9.92. The number of hydrogen-bond donors (Lipinski definition) is 9. The van der Waals surface area contributed by atoms with Crippen LogP contribution in [-0.2, 0) is 12.8 Å². The molecule has 2 fully saturated rings. The quantitative estimate of drug-likeness (QED) is 0.0370. The van der Waals surface area contributed by atoms with E-state index in [0.29, 0.717) is 62.6 Å². The fourth-order valence-electron chi connectivity index (χ4n) is 12.6. The van der Waals surface area contributed by atoms with E-state index in [1.807, 2.05) is 49.4 Å². The Balaban J connectivity index is 0.000000196. The summed E-state index contributed by atoms with van der Waals surface area (Å²) in [7, 11) is 0. The molecule has 8 aromatic rings. The largest absolute Gasteiger partial charge is 0.373 e. The van der Waals surface area contributed by atoms with E-state index in [1.54, 1.807) is 30.6 Å². The summed E-state index contributed by atoms with van der Waals surface area (Å²) in [5.74, 6) is 1.71. The average Bonchev–Trinajstić information content (AvgIpc) is 1.93. The number of halogens is 4. The van der Waals surface area contributed by atoms with Crippen LogP contribution in [0.5, 0.6) is 0 Å². The van der Waals surface area contributed by atoms with Gasteiger partial charge in [-0.25, -0.2) is 18.4 Å². The Morgan fingerprint density at radius 2 is 1.11 bits per heavy atom. The normalized spacial score (nSPS) is 19.0. The summed E-state index contributed by atoms with van der Waals surface area (Å²) in [4.78, 5) is 50.1. The first kappa shape index (κ1) is 65.8. The molecule has 0 radical (unpaired) electrons. The van der Waals surface area contributed by atoms with Crippen molar-refractivity contribution < 1.29 is 8.78 Å². The minimum Gasteiger partial charge on any atom is -0.373 e. The van der Waals surface area contributed by atoms with Gasteiger partial charge in [0.15, 0.2) is 11.6 Å². The number of hydrogen-bond acceptors (Lipinski definition) is 13. The minimum atomic E-state index is -0.504. The Labute approximate surface area is 536 Å². The molecule has 4 aromatic heterocycles.